The van der Waals surface area contributed by atoms with Gasteiger partial charge in [-0.2, -0.15) is 0 Å². The van der Waals surface area contributed by atoms with Gasteiger partial charge >= 0.3 is 0 Å². The number of ether oxygens (including phenoxy) is 1. The maximum Gasteiger partial charge on any atom is 0.252 e. The van der Waals surface area contributed by atoms with Gasteiger partial charge in [0.2, 0.25) is 5.88 Å². The van der Waals surface area contributed by atoms with Crippen molar-refractivity contribution < 1.29 is 9.84 Å². The number of pyridine rings is 2. The van der Waals surface area contributed by atoms with Crippen LogP contribution in [0, 0.1) is 0 Å². The van der Waals surface area contributed by atoms with Crippen LogP contribution < -0.4 is 15.6 Å². The largest absolute Gasteiger partial charge is 0.481 e. The second-order valence-corrected chi connectivity index (χ2v) is 6.14. The molecule has 6 heteroatoms. The molecule has 0 spiro atoms. The molecule has 1 aliphatic carbocycles. The predicted molar refractivity (Wildman–Crippen MR) is 91.1 cm³/mol. The Labute approximate surface area is 140 Å². The van der Waals surface area contributed by atoms with Gasteiger partial charge in [-0.15, -0.1) is 0 Å². The van der Waals surface area contributed by atoms with Gasteiger partial charge in [0.1, 0.15) is 0 Å². The van der Waals surface area contributed by atoms with Crippen LogP contribution >= 0.6 is 0 Å². The van der Waals surface area contributed by atoms with E-state index in [4.69, 9.17) is 9.84 Å². The lowest BCUT2D eigenvalue weighted by molar-refractivity contribution is 0.276. The summed E-state index contributed by atoms with van der Waals surface area (Å²) in [5.41, 5.74) is 4.42. The average molecular weight is 329 g/mol. The van der Waals surface area contributed by atoms with Crippen molar-refractivity contribution >= 4 is 0 Å². The van der Waals surface area contributed by atoms with Gasteiger partial charge in [-0.3, -0.25) is 4.79 Å². The Hall–Kier alpha value is -2.18. The number of fused-ring (bicyclic) bond motifs is 1. The zero-order valence-electron chi connectivity index (χ0n) is 14.1. The first-order chi connectivity index (χ1) is 11.6. The lowest BCUT2D eigenvalue weighted by Crippen LogP contribution is -2.26. The van der Waals surface area contributed by atoms with Crippen LogP contribution in [-0.4, -0.2) is 22.2 Å². The lowest BCUT2D eigenvalue weighted by atomic mass is 10.1. The van der Waals surface area contributed by atoms with Crippen LogP contribution in [0.25, 0.3) is 0 Å². The third kappa shape index (κ3) is 3.34. The molecule has 24 heavy (non-hydrogen) atoms. The van der Waals surface area contributed by atoms with E-state index in [1.54, 1.807) is 19.2 Å². The molecule has 0 aliphatic heterocycles. The number of H-pyrrole nitrogens is 1. The molecule has 0 aromatic carbocycles. The molecule has 0 saturated carbocycles. The van der Waals surface area contributed by atoms with Gasteiger partial charge in [-0.25, -0.2) is 4.98 Å². The number of aryl methyl sites for hydroxylation is 2. The number of nitrogens with zero attached hydrogens (tertiary/aromatic N) is 1. The van der Waals surface area contributed by atoms with E-state index in [9.17, 15) is 4.79 Å². The molecule has 1 unspecified atom stereocenters. The molecule has 0 radical (unpaired) electrons. The number of methoxy groups -OCH3 is 1. The zero-order valence-corrected chi connectivity index (χ0v) is 14.1. The molecule has 3 rings (SSSR count). The highest BCUT2D eigenvalue weighted by Crippen LogP contribution is 2.26. The highest BCUT2D eigenvalue weighted by molar-refractivity contribution is 5.37. The first-order valence-electron chi connectivity index (χ1n) is 8.24. The summed E-state index contributed by atoms with van der Waals surface area (Å²) in [5, 5.41) is 12.4. The second kappa shape index (κ2) is 7.15. The first kappa shape index (κ1) is 16.7. The highest BCUT2D eigenvalue weighted by atomic mass is 16.5. The van der Waals surface area contributed by atoms with Crippen LogP contribution in [0.1, 0.15) is 47.5 Å². The van der Waals surface area contributed by atoms with Crippen molar-refractivity contribution in [2.75, 3.05) is 7.11 Å². The summed E-state index contributed by atoms with van der Waals surface area (Å²) in [6.45, 7) is 2.34. The number of aliphatic hydroxyl groups is 1. The number of hydrogen-bond donors (Lipinski definition) is 3. The summed E-state index contributed by atoms with van der Waals surface area (Å²) < 4.78 is 5.42. The number of aromatic nitrogens is 2. The Kier molecular flexibility index (Phi) is 4.97. The predicted octanol–water partition coefficient (Wildman–Crippen LogP) is 1.61. The standard InChI is InChI=1S/C18H23N3O3/c1-11(15-7-6-14(10-22)20-17(15)23)19-9-13-8-12-4-3-5-16(12)21-18(13)24-2/h6-8,11,19,22H,3-5,9-10H2,1-2H3,(H,20,23). The Morgan fingerprint density at radius 3 is 2.96 bits per heavy atom. The molecule has 2 aromatic rings. The summed E-state index contributed by atoms with van der Waals surface area (Å²) in [7, 11) is 1.63. The lowest BCUT2D eigenvalue weighted by Gasteiger charge is -2.16. The third-order valence-electron chi connectivity index (χ3n) is 4.52. The quantitative estimate of drug-likeness (QED) is 0.749. The molecular weight excluding hydrogens is 306 g/mol. The Bertz CT molecular complexity index is 786. The summed E-state index contributed by atoms with van der Waals surface area (Å²) in [6, 6.07) is 5.51. The van der Waals surface area contributed by atoms with Gasteiger partial charge in [-0.1, -0.05) is 6.07 Å². The topological polar surface area (TPSA) is 87.2 Å². The fraction of sp³-hybridized carbons (Fsp3) is 0.444. The fourth-order valence-corrected chi connectivity index (χ4v) is 3.14. The molecule has 0 amide bonds. The van der Waals surface area contributed by atoms with E-state index in [0.29, 0.717) is 23.7 Å². The van der Waals surface area contributed by atoms with Gasteiger partial charge in [-0.05, 0) is 43.9 Å². The average Bonchev–Trinajstić information content (AvgIpc) is 3.05. The molecule has 0 saturated heterocycles. The monoisotopic (exact) mass is 329 g/mol. The molecule has 6 nitrogen and oxygen atoms in total. The van der Waals surface area contributed by atoms with Gasteiger partial charge < -0.3 is 20.1 Å². The van der Waals surface area contributed by atoms with Crippen molar-refractivity contribution in [1.29, 1.82) is 0 Å². The minimum atomic E-state index is -0.180. The number of nitrogens with one attached hydrogen (secondary N) is 2. The van der Waals surface area contributed by atoms with Crippen molar-refractivity contribution in [2.45, 2.75) is 45.4 Å². The smallest absolute Gasteiger partial charge is 0.252 e. The van der Waals surface area contributed by atoms with E-state index in [0.717, 1.165) is 30.5 Å². The van der Waals surface area contributed by atoms with Crippen molar-refractivity contribution in [3.63, 3.8) is 0 Å². The van der Waals surface area contributed by atoms with E-state index in [-0.39, 0.29) is 18.2 Å². The maximum atomic E-state index is 12.1. The van der Waals surface area contributed by atoms with Crippen molar-refractivity contribution in [1.82, 2.24) is 15.3 Å². The Balaban J connectivity index is 1.75. The number of aromatic amines is 1. The van der Waals surface area contributed by atoms with E-state index in [1.807, 2.05) is 6.92 Å². The second-order valence-electron chi connectivity index (χ2n) is 6.14. The fourth-order valence-electron chi connectivity index (χ4n) is 3.14. The van der Waals surface area contributed by atoms with Crippen LogP contribution in [0.2, 0.25) is 0 Å². The highest BCUT2D eigenvalue weighted by Gasteiger charge is 2.18. The molecule has 0 bridgehead atoms. The van der Waals surface area contributed by atoms with Crippen LogP contribution in [-0.2, 0) is 26.0 Å². The van der Waals surface area contributed by atoms with Gasteiger partial charge in [0.15, 0.2) is 0 Å². The van der Waals surface area contributed by atoms with Crippen LogP contribution in [0.4, 0.5) is 0 Å². The van der Waals surface area contributed by atoms with Crippen LogP contribution in [0.15, 0.2) is 23.0 Å². The molecule has 2 aromatic heterocycles. The van der Waals surface area contributed by atoms with Gasteiger partial charge in [0, 0.05) is 35.1 Å². The first-order valence-corrected chi connectivity index (χ1v) is 8.24. The van der Waals surface area contributed by atoms with Crippen molar-refractivity contribution in [3.8, 4) is 5.88 Å². The van der Waals surface area contributed by atoms with E-state index in [1.165, 1.54) is 5.56 Å². The molecule has 0 fully saturated rings. The van der Waals surface area contributed by atoms with Crippen molar-refractivity contribution in [2.24, 2.45) is 0 Å². The normalized spacial score (nSPS) is 14.5. The number of hydrogen-bond acceptors (Lipinski definition) is 5. The molecule has 2 heterocycles. The molecule has 1 atom stereocenters. The Morgan fingerprint density at radius 2 is 2.25 bits per heavy atom. The summed E-state index contributed by atoms with van der Waals surface area (Å²) in [4.78, 5) is 19.4. The SMILES string of the molecule is COc1nc2c(cc1CNC(C)c1ccc(CO)[nH]c1=O)CCC2. The Morgan fingerprint density at radius 1 is 1.42 bits per heavy atom. The zero-order chi connectivity index (χ0) is 17.1. The maximum absolute atomic E-state index is 12.1. The minimum absolute atomic E-state index is 0.126. The third-order valence-corrected chi connectivity index (χ3v) is 4.52. The number of rotatable bonds is 6. The summed E-state index contributed by atoms with van der Waals surface area (Å²) >= 11 is 0. The molecule has 3 N–H and O–H groups in total. The van der Waals surface area contributed by atoms with Crippen molar-refractivity contribution in [3.05, 3.63) is 56.6 Å². The molecular formula is C18H23N3O3. The van der Waals surface area contributed by atoms with Crippen LogP contribution in [0.5, 0.6) is 5.88 Å². The summed E-state index contributed by atoms with van der Waals surface area (Å²) in [5.74, 6) is 0.653. The van der Waals surface area contributed by atoms with Gasteiger partial charge in [0.25, 0.3) is 5.56 Å². The van der Waals surface area contributed by atoms with E-state index >= 15 is 0 Å². The van der Waals surface area contributed by atoms with E-state index in [2.05, 4.69) is 21.4 Å². The van der Waals surface area contributed by atoms with E-state index < -0.39 is 0 Å². The summed E-state index contributed by atoms with van der Waals surface area (Å²) in [6.07, 6.45) is 3.23. The molecule has 1 aliphatic rings. The minimum Gasteiger partial charge on any atom is -0.481 e. The van der Waals surface area contributed by atoms with Crippen LogP contribution in [0.3, 0.4) is 0 Å². The number of aliphatic hydroxyl groups excluding tert-OH is 1. The van der Waals surface area contributed by atoms with Gasteiger partial charge in [0.05, 0.1) is 13.7 Å². The molecule has 128 valence electrons.